The van der Waals surface area contributed by atoms with E-state index >= 15 is 0 Å². The Morgan fingerprint density at radius 1 is 1.30 bits per heavy atom. The minimum Gasteiger partial charge on any atom is -0.261 e. The Bertz CT molecular complexity index is 72.0. The maximum atomic E-state index is 12.4. The van der Waals surface area contributed by atoms with E-state index in [1.807, 2.05) is 13.8 Å². The molecule has 0 fully saturated rings. The first kappa shape index (κ1) is 10.2. The summed E-state index contributed by atoms with van der Waals surface area (Å²) < 4.78 is 12.4. The predicted molar refractivity (Wildman–Crippen MR) is 42.9 cm³/mol. The average Bonchev–Trinajstić information content (AvgIpc) is 1.87. The van der Waals surface area contributed by atoms with Gasteiger partial charge >= 0.3 is 0 Å². The molecular weight excluding hydrogens is 153 g/mol. The fourth-order valence-corrected chi connectivity index (χ4v) is 1.08. The Morgan fingerprint density at radius 3 is 1.90 bits per heavy atom. The highest BCUT2D eigenvalue weighted by molar-refractivity contribution is 6.19. The highest BCUT2D eigenvalue weighted by Gasteiger charge is 2.10. The molecule has 0 aromatic carbocycles. The second-order valence-corrected chi connectivity index (χ2v) is 2.67. The number of alkyl halides is 2. The Labute approximate surface area is 67.2 Å². The summed E-state index contributed by atoms with van der Waals surface area (Å²) in [5, 5.41) is 0. The summed E-state index contributed by atoms with van der Waals surface area (Å²) in [6.45, 7) is 5.53. The molecule has 1 nitrogen and oxygen atoms in total. The third-order valence-electron chi connectivity index (χ3n) is 1.30. The summed E-state index contributed by atoms with van der Waals surface area (Å²) in [7, 11) is 0. The number of hydrogen-bond acceptors (Lipinski definition) is 1. The lowest BCUT2D eigenvalue weighted by Crippen LogP contribution is -2.29. The maximum Gasteiger partial charge on any atom is 0.228 e. The number of halogens is 2. The molecule has 0 aromatic rings. The third kappa shape index (κ3) is 4.07. The molecule has 0 radical (unpaired) electrons. The zero-order valence-corrected chi connectivity index (χ0v) is 7.36. The SMILES string of the molecule is CCCN(CCC)C(F)Cl. The van der Waals surface area contributed by atoms with E-state index in [0.717, 1.165) is 25.9 Å². The summed E-state index contributed by atoms with van der Waals surface area (Å²) in [6, 6.07) is 0. The van der Waals surface area contributed by atoms with Crippen LogP contribution in [-0.4, -0.2) is 23.7 Å². The summed E-state index contributed by atoms with van der Waals surface area (Å²) >= 11 is 5.26. The van der Waals surface area contributed by atoms with E-state index in [1.54, 1.807) is 4.90 Å². The van der Waals surface area contributed by atoms with Crippen LogP contribution < -0.4 is 0 Å². The van der Waals surface area contributed by atoms with E-state index in [1.165, 1.54) is 0 Å². The van der Waals surface area contributed by atoms with Gasteiger partial charge in [-0.2, -0.15) is 0 Å². The standard InChI is InChI=1S/C7H15ClFN/c1-3-5-10(6-4-2)7(8)9/h7H,3-6H2,1-2H3. The molecule has 10 heavy (non-hydrogen) atoms. The molecule has 1 atom stereocenters. The highest BCUT2D eigenvalue weighted by atomic mass is 35.5. The second-order valence-electron chi connectivity index (χ2n) is 2.31. The Balaban J connectivity index is 3.50. The fourth-order valence-electron chi connectivity index (χ4n) is 0.881. The molecule has 0 saturated heterocycles. The van der Waals surface area contributed by atoms with Gasteiger partial charge in [0.25, 0.3) is 0 Å². The van der Waals surface area contributed by atoms with Gasteiger partial charge in [0.1, 0.15) is 0 Å². The van der Waals surface area contributed by atoms with Crippen molar-refractivity contribution in [3.05, 3.63) is 0 Å². The van der Waals surface area contributed by atoms with Gasteiger partial charge in [-0.1, -0.05) is 25.4 Å². The van der Waals surface area contributed by atoms with Gasteiger partial charge in [0.05, 0.1) is 0 Å². The zero-order valence-electron chi connectivity index (χ0n) is 6.61. The van der Waals surface area contributed by atoms with Crippen LogP contribution in [0, 0.1) is 0 Å². The molecular formula is C7H15ClFN. The largest absolute Gasteiger partial charge is 0.261 e. The van der Waals surface area contributed by atoms with Crippen LogP contribution in [0.15, 0.2) is 0 Å². The van der Waals surface area contributed by atoms with Gasteiger partial charge in [-0.3, -0.25) is 4.90 Å². The number of nitrogens with zero attached hydrogens (tertiary/aromatic N) is 1. The van der Waals surface area contributed by atoms with Crippen LogP contribution >= 0.6 is 11.6 Å². The van der Waals surface area contributed by atoms with E-state index in [-0.39, 0.29) is 0 Å². The predicted octanol–water partition coefficient (Wildman–Crippen LogP) is 2.60. The van der Waals surface area contributed by atoms with Gasteiger partial charge < -0.3 is 0 Å². The van der Waals surface area contributed by atoms with Gasteiger partial charge in [-0.15, -0.1) is 0 Å². The topological polar surface area (TPSA) is 3.24 Å². The Hall–Kier alpha value is 0.180. The molecule has 0 aromatic heterocycles. The van der Waals surface area contributed by atoms with E-state index in [9.17, 15) is 4.39 Å². The molecule has 0 aliphatic carbocycles. The lowest BCUT2D eigenvalue weighted by Gasteiger charge is -2.20. The Kier molecular flexibility index (Phi) is 6.03. The smallest absolute Gasteiger partial charge is 0.228 e. The molecule has 0 rings (SSSR count). The first-order valence-corrected chi connectivity index (χ1v) is 4.18. The summed E-state index contributed by atoms with van der Waals surface area (Å²) in [5.41, 5.74) is 0. The minimum atomic E-state index is -1.31. The van der Waals surface area contributed by atoms with E-state index < -0.39 is 5.75 Å². The van der Waals surface area contributed by atoms with E-state index in [4.69, 9.17) is 11.6 Å². The molecule has 0 aliphatic heterocycles. The third-order valence-corrected chi connectivity index (χ3v) is 1.57. The van der Waals surface area contributed by atoms with Crippen LogP contribution in [0.5, 0.6) is 0 Å². The van der Waals surface area contributed by atoms with Crippen LogP contribution in [0.1, 0.15) is 26.7 Å². The van der Waals surface area contributed by atoms with Crippen molar-refractivity contribution in [2.75, 3.05) is 13.1 Å². The molecule has 0 saturated carbocycles. The normalized spacial score (nSPS) is 14.1. The molecule has 0 heterocycles. The molecule has 0 spiro atoms. The quantitative estimate of drug-likeness (QED) is 0.450. The molecule has 0 N–H and O–H groups in total. The minimum absolute atomic E-state index is 0.749. The van der Waals surface area contributed by atoms with E-state index in [2.05, 4.69) is 0 Å². The van der Waals surface area contributed by atoms with Crippen molar-refractivity contribution in [1.29, 1.82) is 0 Å². The van der Waals surface area contributed by atoms with Crippen LogP contribution in [0.25, 0.3) is 0 Å². The molecule has 1 unspecified atom stereocenters. The lowest BCUT2D eigenvalue weighted by atomic mass is 10.4. The van der Waals surface area contributed by atoms with Gasteiger partial charge in [0.2, 0.25) is 5.75 Å². The van der Waals surface area contributed by atoms with Gasteiger partial charge in [-0.25, -0.2) is 4.39 Å². The summed E-state index contributed by atoms with van der Waals surface area (Å²) in [5.74, 6) is -1.31. The van der Waals surface area contributed by atoms with Crippen LogP contribution in [0.3, 0.4) is 0 Å². The van der Waals surface area contributed by atoms with Crippen LogP contribution in [0.2, 0.25) is 0 Å². The second kappa shape index (κ2) is 5.93. The van der Waals surface area contributed by atoms with Crippen LogP contribution in [-0.2, 0) is 0 Å². The zero-order chi connectivity index (χ0) is 7.98. The lowest BCUT2D eigenvalue weighted by molar-refractivity contribution is 0.149. The van der Waals surface area contributed by atoms with Crippen molar-refractivity contribution in [1.82, 2.24) is 4.90 Å². The molecule has 3 heteroatoms. The monoisotopic (exact) mass is 167 g/mol. The van der Waals surface area contributed by atoms with Crippen molar-refractivity contribution in [3.8, 4) is 0 Å². The van der Waals surface area contributed by atoms with Crippen molar-refractivity contribution in [3.63, 3.8) is 0 Å². The Morgan fingerprint density at radius 2 is 1.70 bits per heavy atom. The van der Waals surface area contributed by atoms with Gasteiger partial charge in [0.15, 0.2) is 0 Å². The molecule has 0 bridgehead atoms. The molecule has 0 amide bonds. The van der Waals surface area contributed by atoms with Gasteiger partial charge in [0, 0.05) is 13.1 Å². The van der Waals surface area contributed by atoms with Crippen molar-refractivity contribution < 1.29 is 4.39 Å². The van der Waals surface area contributed by atoms with Crippen molar-refractivity contribution in [2.24, 2.45) is 0 Å². The molecule has 62 valence electrons. The van der Waals surface area contributed by atoms with Gasteiger partial charge in [-0.05, 0) is 12.8 Å². The first-order chi connectivity index (χ1) is 4.72. The van der Waals surface area contributed by atoms with Crippen LogP contribution in [0.4, 0.5) is 4.39 Å². The maximum absolute atomic E-state index is 12.4. The first-order valence-electron chi connectivity index (χ1n) is 3.74. The van der Waals surface area contributed by atoms with Crippen molar-refractivity contribution in [2.45, 2.75) is 32.4 Å². The van der Waals surface area contributed by atoms with Crippen molar-refractivity contribution >= 4 is 11.6 Å². The van der Waals surface area contributed by atoms with E-state index in [0.29, 0.717) is 0 Å². The number of rotatable bonds is 5. The summed E-state index contributed by atoms with van der Waals surface area (Å²) in [4.78, 5) is 1.63. The molecule has 0 aliphatic rings. The average molecular weight is 168 g/mol. The summed E-state index contributed by atoms with van der Waals surface area (Å²) in [6.07, 6.45) is 1.90. The highest BCUT2D eigenvalue weighted by Crippen LogP contribution is 2.06. The number of hydrogen-bond donors (Lipinski definition) is 0. The fraction of sp³-hybridized carbons (Fsp3) is 1.00.